The number of nitrogens with zero attached hydrogens (tertiary/aromatic N) is 8. The normalized spacial score (nSPS) is 43.8. The standard InChI is InChI=1S/2C28H39N3O2.C22H35BrO2.C6H5N3.CH4/c1-26(33)14-15-27(2)18(16-26)8-9-19-20-10-11-22(28(20,3)13-12-21(19)27)25(32)17-31-24-7-5-4-6-23(24)29-30-31;1-26(33)14-15-27(2)18(16-26)8-9-19-20-10-11-22(28(20,3)13-12-21(19)27)25(32)17-31-29-23-6-4-5-7-24(23)30-31;1-20(25)10-11-21(2)14(12-20)4-5-15-16-6-7-18(19(24)13-23)22(16,3)9-8-17(15)21;1-2-4-6-5(3-1)7-9-8-6;/h2*4-7,18-22,33H,8-17H2,1-3H3;14-18,25H,4-13H2,1-3H3;1-4H,(H,7,8,9);1H4/t2*18-,19+,20+,21+,22-,26-,27+,28+;14-,15+,16+,17+,18-,20-,21+,22+;;/m111../s1. The van der Waals surface area contributed by atoms with E-state index in [2.05, 4.69) is 93.4 Å². The summed E-state index contributed by atoms with van der Waals surface area (Å²) >= 11 is 3.43. The number of rotatable bonds is 8. The van der Waals surface area contributed by atoms with Crippen LogP contribution in [-0.4, -0.2) is 100 Å². The van der Waals surface area contributed by atoms with E-state index in [9.17, 15) is 29.7 Å². The summed E-state index contributed by atoms with van der Waals surface area (Å²) in [6.45, 7) is 21.7. The smallest absolute Gasteiger partial charge is 0.159 e. The van der Waals surface area contributed by atoms with Crippen molar-refractivity contribution in [3.63, 3.8) is 0 Å². The van der Waals surface area contributed by atoms with Crippen molar-refractivity contribution in [1.29, 1.82) is 0 Å². The van der Waals surface area contributed by atoms with Crippen LogP contribution in [0.15, 0.2) is 72.8 Å². The summed E-state index contributed by atoms with van der Waals surface area (Å²) in [4.78, 5) is 41.3. The van der Waals surface area contributed by atoms with Crippen LogP contribution in [0.1, 0.15) is 243 Å². The van der Waals surface area contributed by atoms with Crippen LogP contribution in [0.25, 0.3) is 33.1 Å². The number of hydrogen-bond donors (Lipinski definition) is 4. The van der Waals surface area contributed by atoms with Gasteiger partial charge < -0.3 is 15.3 Å². The molecule has 16 heteroatoms. The molecule has 0 aliphatic heterocycles. The highest BCUT2D eigenvalue weighted by Crippen LogP contribution is 2.72. The minimum Gasteiger partial charge on any atom is -0.390 e. The molecule has 0 amide bonds. The molecular weight excluding hydrogens is 1320 g/mol. The summed E-state index contributed by atoms with van der Waals surface area (Å²) in [6.07, 6.45) is 31.2. The van der Waals surface area contributed by atoms with Gasteiger partial charge in [-0.25, -0.2) is 4.68 Å². The van der Waals surface area contributed by atoms with Crippen molar-refractivity contribution in [2.75, 3.05) is 5.33 Å². The minimum atomic E-state index is -0.476. The van der Waals surface area contributed by atoms with Crippen LogP contribution in [0.5, 0.6) is 0 Å². The van der Waals surface area contributed by atoms with Gasteiger partial charge >= 0.3 is 0 Å². The summed E-state index contributed by atoms with van der Waals surface area (Å²) in [5.74, 6) is 10.4. The molecule has 12 aliphatic carbocycles. The van der Waals surface area contributed by atoms with Crippen molar-refractivity contribution in [3.05, 3.63) is 72.8 Å². The third-order valence-corrected chi connectivity index (χ3v) is 33.3. The molecule has 24 atom stereocenters. The van der Waals surface area contributed by atoms with E-state index in [0.29, 0.717) is 81.6 Å². The molecule has 12 fully saturated rings. The summed E-state index contributed by atoms with van der Waals surface area (Å²) < 4.78 is 1.81. The minimum absolute atomic E-state index is 0. The molecule has 550 valence electrons. The molecule has 3 aromatic carbocycles. The highest BCUT2D eigenvalue weighted by atomic mass is 79.9. The molecule has 15 nitrogen and oxygen atoms in total. The molecule has 0 bridgehead atoms. The summed E-state index contributed by atoms with van der Waals surface area (Å²) in [6, 6.07) is 23.5. The van der Waals surface area contributed by atoms with Gasteiger partial charge in [-0.1, -0.05) is 107 Å². The molecule has 3 aromatic heterocycles. The molecule has 12 saturated carbocycles. The fourth-order valence-electron chi connectivity index (χ4n) is 27.3. The lowest BCUT2D eigenvalue weighted by atomic mass is 9.44. The largest absolute Gasteiger partial charge is 0.390 e. The lowest BCUT2D eigenvalue weighted by molar-refractivity contribution is -0.151. The predicted octanol–water partition coefficient (Wildman–Crippen LogP) is 17.8. The van der Waals surface area contributed by atoms with Crippen molar-refractivity contribution >= 4 is 66.4 Å². The number of nitrogens with one attached hydrogen (secondary N) is 1. The monoisotopic (exact) mass is 1440 g/mol. The number of fused-ring (bicyclic) bond motifs is 18. The molecule has 101 heavy (non-hydrogen) atoms. The second kappa shape index (κ2) is 27.2. The Morgan fingerprint density at radius 2 is 0.762 bits per heavy atom. The van der Waals surface area contributed by atoms with E-state index in [4.69, 9.17) is 0 Å². The Labute approximate surface area is 610 Å². The van der Waals surface area contributed by atoms with Gasteiger partial charge in [0.2, 0.25) is 0 Å². The van der Waals surface area contributed by atoms with Crippen LogP contribution in [0, 0.1) is 121 Å². The molecule has 0 radical (unpaired) electrons. The fourth-order valence-corrected chi connectivity index (χ4v) is 27.7. The molecule has 12 aliphatic rings. The predicted molar refractivity (Wildman–Crippen MR) is 402 cm³/mol. The zero-order valence-corrected chi connectivity index (χ0v) is 63.4. The first-order valence-electron chi connectivity index (χ1n) is 39.7. The van der Waals surface area contributed by atoms with Crippen LogP contribution in [0.2, 0.25) is 0 Å². The van der Waals surface area contributed by atoms with Gasteiger partial charge in [0.1, 0.15) is 46.5 Å². The third-order valence-electron chi connectivity index (χ3n) is 32.7. The van der Waals surface area contributed by atoms with Crippen LogP contribution < -0.4 is 0 Å². The zero-order valence-electron chi connectivity index (χ0n) is 61.8. The number of halogens is 1. The van der Waals surface area contributed by atoms with E-state index >= 15 is 0 Å². The topological polar surface area (TPSA) is 215 Å². The summed E-state index contributed by atoms with van der Waals surface area (Å²) in [5.41, 5.74) is 5.61. The average molecular weight is 1450 g/mol. The number of aromatic nitrogens is 9. The van der Waals surface area contributed by atoms with Gasteiger partial charge in [0.05, 0.1) is 27.6 Å². The van der Waals surface area contributed by atoms with E-state index in [1.165, 1.54) is 103 Å². The van der Waals surface area contributed by atoms with Gasteiger partial charge in [-0.05, 0) is 334 Å². The first-order chi connectivity index (χ1) is 47.6. The Bertz CT molecular complexity index is 3920. The molecule has 0 spiro atoms. The lowest BCUT2D eigenvalue weighted by Crippen LogP contribution is -2.55. The van der Waals surface area contributed by atoms with Gasteiger partial charge in [-0.15, -0.1) is 5.10 Å². The SMILES string of the molecule is C.C[C@@]1(O)CC[C@@]2(C)[C@H](CC[C@@H]3[C@@H]2CC[C@]2(C)[C@@H](C(=O)CBr)CC[C@@H]32)C1.C[C@@]1(O)CC[C@@]2(C)[C@H](CC[C@@H]3[C@@H]2CC[C@]2(C)[C@@H](C(=O)Cn4nc5ccccc5n4)CC[C@@H]32)C1.C[C@@]1(O)CC[C@@]2(C)[C@H](CC[C@@H]3[C@@H]2CC[C@]2(C)[C@@H](C(=O)Cn4nnc5ccccc54)CC[C@@H]32)C1.c1ccc2n[nH]nc2c1. The summed E-state index contributed by atoms with van der Waals surface area (Å²) in [7, 11) is 0. The quantitative estimate of drug-likeness (QED) is 0.105. The maximum atomic E-state index is 13.6. The van der Waals surface area contributed by atoms with E-state index in [1.54, 1.807) is 9.48 Å². The Hall–Kier alpha value is -4.77. The van der Waals surface area contributed by atoms with E-state index in [0.717, 1.165) is 145 Å². The van der Waals surface area contributed by atoms with Gasteiger partial charge in [0.15, 0.2) is 11.6 Å². The van der Waals surface area contributed by atoms with Crippen LogP contribution in [-0.2, 0) is 27.5 Å². The van der Waals surface area contributed by atoms with Crippen molar-refractivity contribution in [1.82, 2.24) is 45.4 Å². The number of alkyl halides is 1. The lowest BCUT2D eigenvalue weighted by Gasteiger charge is -2.61. The van der Waals surface area contributed by atoms with Crippen LogP contribution >= 0.6 is 15.9 Å². The number of benzene rings is 3. The van der Waals surface area contributed by atoms with Gasteiger partial charge in [-0.3, -0.25) is 14.4 Å². The molecule has 0 unspecified atom stereocenters. The maximum absolute atomic E-state index is 13.6. The van der Waals surface area contributed by atoms with Crippen LogP contribution in [0.4, 0.5) is 0 Å². The second-order valence-electron chi connectivity index (χ2n) is 37.9. The van der Waals surface area contributed by atoms with E-state index in [-0.39, 0.29) is 41.4 Å². The average Bonchev–Trinajstić information content (AvgIpc) is 1.69. The Morgan fingerprint density at radius 3 is 1.16 bits per heavy atom. The fraction of sp³-hybridized carbons (Fsp3) is 0.753. The zero-order chi connectivity index (χ0) is 70.2. The second-order valence-corrected chi connectivity index (χ2v) is 38.5. The van der Waals surface area contributed by atoms with Crippen molar-refractivity contribution in [3.8, 4) is 0 Å². The number of para-hydroxylation sites is 3. The summed E-state index contributed by atoms with van der Waals surface area (Å²) in [5, 5.41) is 60.5. The number of Topliss-reactive ketones (excluding diaryl/α,β-unsaturated/α-hetero) is 3. The number of hydrogen-bond acceptors (Lipinski definition) is 12. The number of aromatic amines is 1. The van der Waals surface area contributed by atoms with Crippen molar-refractivity contribution in [2.24, 2.45) is 121 Å². The number of carbonyl (C=O) groups is 3. The van der Waals surface area contributed by atoms with Crippen LogP contribution in [0.3, 0.4) is 0 Å². The third kappa shape index (κ3) is 12.9. The number of aliphatic hydroxyl groups is 3. The molecule has 0 saturated heterocycles. The Balaban J connectivity index is 0.000000121. The number of carbonyl (C=O) groups excluding carboxylic acids is 3. The Morgan fingerprint density at radius 1 is 0.416 bits per heavy atom. The number of ketones is 3. The molecule has 18 rings (SSSR count). The number of H-pyrrole nitrogens is 1. The molecule has 4 N–H and O–H groups in total. The highest BCUT2D eigenvalue weighted by Gasteiger charge is 2.65. The molecule has 6 aromatic rings. The maximum Gasteiger partial charge on any atom is 0.159 e. The van der Waals surface area contributed by atoms with Crippen molar-refractivity contribution < 1.29 is 29.7 Å². The molecule has 3 heterocycles. The first-order valence-corrected chi connectivity index (χ1v) is 40.9. The molecular formula is C85H122BrN9O6. The first kappa shape index (κ1) is 73.1. The van der Waals surface area contributed by atoms with Gasteiger partial charge in [0.25, 0.3) is 0 Å². The van der Waals surface area contributed by atoms with Gasteiger partial charge in [0, 0.05) is 17.8 Å². The van der Waals surface area contributed by atoms with Gasteiger partial charge in [-0.2, -0.15) is 30.4 Å². The van der Waals surface area contributed by atoms with E-state index < -0.39 is 16.8 Å². The highest BCUT2D eigenvalue weighted by molar-refractivity contribution is 9.09. The van der Waals surface area contributed by atoms with Crippen molar-refractivity contribution in [2.45, 2.75) is 273 Å². The van der Waals surface area contributed by atoms with E-state index in [1.807, 2.05) is 93.6 Å². The Kier molecular flexibility index (Phi) is 19.7.